The zero-order valence-electron chi connectivity index (χ0n) is 13.4. The quantitative estimate of drug-likeness (QED) is 0.766. The Kier molecular flexibility index (Phi) is 4.87. The molecule has 24 heavy (non-hydrogen) atoms. The summed E-state index contributed by atoms with van der Waals surface area (Å²) in [4.78, 5) is 16.6. The molecule has 4 nitrogen and oxygen atoms in total. The number of nitrogens with one attached hydrogen (secondary N) is 1. The topological polar surface area (TPSA) is 51.2 Å². The summed E-state index contributed by atoms with van der Waals surface area (Å²) in [5.74, 6) is 0.817. The molecule has 2 aromatic carbocycles. The summed E-state index contributed by atoms with van der Waals surface area (Å²) in [5.41, 5.74) is 2.73. The van der Waals surface area contributed by atoms with Crippen LogP contribution in [0.1, 0.15) is 21.5 Å². The van der Waals surface area contributed by atoms with Gasteiger partial charge in [-0.1, -0.05) is 48.0 Å². The average Bonchev–Trinajstić information content (AvgIpc) is 2.61. The highest BCUT2D eigenvalue weighted by Crippen LogP contribution is 2.20. The second kappa shape index (κ2) is 7.42. The van der Waals surface area contributed by atoms with Gasteiger partial charge in [-0.2, -0.15) is 0 Å². The number of anilines is 1. The lowest BCUT2D eigenvalue weighted by atomic mass is 10.1. The lowest BCUT2D eigenvalue weighted by Crippen LogP contribution is -2.14. The van der Waals surface area contributed by atoms with Crippen LogP contribution in [0.5, 0.6) is 5.75 Å². The number of hydrogen-bond donors (Lipinski definition) is 1. The third kappa shape index (κ3) is 3.98. The normalized spacial score (nSPS) is 10.2. The van der Waals surface area contributed by atoms with Crippen molar-refractivity contribution in [3.63, 3.8) is 0 Å². The summed E-state index contributed by atoms with van der Waals surface area (Å²) in [6.07, 6.45) is 1.63. The molecule has 0 bridgehead atoms. The first-order valence-electron chi connectivity index (χ1n) is 7.72. The van der Waals surface area contributed by atoms with Crippen LogP contribution in [0.3, 0.4) is 0 Å². The van der Waals surface area contributed by atoms with Crippen molar-refractivity contribution in [1.29, 1.82) is 0 Å². The number of rotatable bonds is 5. The molecule has 0 unspecified atom stereocenters. The molecule has 1 N–H and O–H groups in total. The van der Waals surface area contributed by atoms with Crippen molar-refractivity contribution in [3.8, 4) is 5.75 Å². The Hall–Kier alpha value is -3.14. The minimum Gasteiger partial charge on any atom is -0.488 e. The van der Waals surface area contributed by atoms with Gasteiger partial charge in [-0.25, -0.2) is 4.98 Å². The molecule has 0 aliphatic carbocycles. The van der Waals surface area contributed by atoms with Crippen molar-refractivity contribution >= 4 is 11.7 Å². The van der Waals surface area contributed by atoms with Gasteiger partial charge < -0.3 is 10.1 Å². The Balaban J connectivity index is 1.74. The number of carbonyl (C=O) groups excluding carboxylic acids is 1. The minimum absolute atomic E-state index is 0.242. The summed E-state index contributed by atoms with van der Waals surface area (Å²) < 4.78 is 5.86. The molecule has 120 valence electrons. The van der Waals surface area contributed by atoms with Crippen LogP contribution >= 0.6 is 0 Å². The van der Waals surface area contributed by atoms with E-state index in [4.69, 9.17) is 4.74 Å². The number of pyridine rings is 1. The predicted octanol–water partition coefficient (Wildman–Crippen LogP) is 4.22. The van der Waals surface area contributed by atoms with Crippen LogP contribution in [0.2, 0.25) is 0 Å². The van der Waals surface area contributed by atoms with Crippen LogP contribution in [0.15, 0.2) is 72.9 Å². The summed E-state index contributed by atoms with van der Waals surface area (Å²) >= 11 is 0. The fourth-order valence-corrected chi connectivity index (χ4v) is 2.36. The van der Waals surface area contributed by atoms with Gasteiger partial charge in [0.2, 0.25) is 0 Å². The Bertz CT molecular complexity index is 832. The van der Waals surface area contributed by atoms with Crippen molar-refractivity contribution in [1.82, 2.24) is 4.98 Å². The van der Waals surface area contributed by atoms with Gasteiger partial charge in [-0.15, -0.1) is 0 Å². The molecular weight excluding hydrogens is 300 g/mol. The number of amides is 1. The molecule has 0 saturated heterocycles. The number of para-hydroxylation sites is 1. The van der Waals surface area contributed by atoms with Gasteiger partial charge in [-0.3, -0.25) is 4.79 Å². The van der Waals surface area contributed by atoms with Crippen LogP contribution in [0.25, 0.3) is 0 Å². The lowest BCUT2D eigenvalue weighted by Gasteiger charge is -2.12. The molecule has 3 rings (SSSR count). The molecule has 0 aliphatic heterocycles. The predicted molar refractivity (Wildman–Crippen MR) is 94.1 cm³/mol. The third-order valence-electron chi connectivity index (χ3n) is 3.52. The van der Waals surface area contributed by atoms with Crippen molar-refractivity contribution in [2.75, 3.05) is 5.32 Å². The Morgan fingerprint density at radius 2 is 1.88 bits per heavy atom. The van der Waals surface area contributed by atoms with Gasteiger partial charge in [-0.05, 0) is 36.8 Å². The van der Waals surface area contributed by atoms with Crippen LogP contribution in [0.4, 0.5) is 5.82 Å². The SMILES string of the molecule is Cc1cccc(COc2ccccc2C(=O)Nc2ccccn2)c1. The van der Waals surface area contributed by atoms with E-state index < -0.39 is 0 Å². The lowest BCUT2D eigenvalue weighted by molar-refractivity contribution is 0.102. The second-order valence-electron chi connectivity index (χ2n) is 5.44. The molecule has 0 spiro atoms. The first kappa shape index (κ1) is 15.7. The molecule has 0 saturated carbocycles. The van der Waals surface area contributed by atoms with Gasteiger partial charge in [0.15, 0.2) is 0 Å². The number of aromatic nitrogens is 1. The Morgan fingerprint density at radius 3 is 2.67 bits per heavy atom. The average molecular weight is 318 g/mol. The van der Waals surface area contributed by atoms with E-state index in [1.807, 2.05) is 43.3 Å². The molecule has 0 radical (unpaired) electrons. The standard InChI is InChI=1S/C20H18N2O2/c1-15-7-6-8-16(13-15)14-24-18-10-3-2-9-17(18)20(23)22-19-11-4-5-12-21-19/h2-13H,14H2,1H3,(H,21,22,23). The number of ether oxygens (including phenoxy) is 1. The number of nitrogens with zero attached hydrogens (tertiary/aromatic N) is 1. The van der Waals surface area contributed by atoms with E-state index in [0.717, 1.165) is 5.56 Å². The highest BCUT2D eigenvalue weighted by molar-refractivity contribution is 6.05. The first-order chi connectivity index (χ1) is 11.7. The first-order valence-corrected chi connectivity index (χ1v) is 7.72. The molecule has 3 aromatic rings. The van der Waals surface area contributed by atoms with Gasteiger partial charge in [0, 0.05) is 6.20 Å². The van der Waals surface area contributed by atoms with Gasteiger partial charge >= 0.3 is 0 Å². The van der Waals surface area contributed by atoms with Crippen molar-refractivity contribution in [2.24, 2.45) is 0 Å². The smallest absolute Gasteiger partial charge is 0.260 e. The highest BCUT2D eigenvalue weighted by Gasteiger charge is 2.12. The zero-order chi connectivity index (χ0) is 16.8. The van der Waals surface area contributed by atoms with E-state index in [1.54, 1.807) is 30.5 Å². The van der Waals surface area contributed by atoms with E-state index in [0.29, 0.717) is 23.7 Å². The van der Waals surface area contributed by atoms with Crippen LogP contribution in [0, 0.1) is 6.92 Å². The fourth-order valence-electron chi connectivity index (χ4n) is 2.36. The Morgan fingerprint density at radius 1 is 1.04 bits per heavy atom. The van der Waals surface area contributed by atoms with Gasteiger partial charge in [0.1, 0.15) is 18.2 Å². The van der Waals surface area contributed by atoms with E-state index in [9.17, 15) is 4.79 Å². The summed E-state index contributed by atoms with van der Waals surface area (Å²) in [5, 5.41) is 2.78. The summed E-state index contributed by atoms with van der Waals surface area (Å²) in [6.45, 7) is 2.45. The van der Waals surface area contributed by atoms with E-state index in [1.165, 1.54) is 5.56 Å². The largest absolute Gasteiger partial charge is 0.488 e. The van der Waals surface area contributed by atoms with E-state index >= 15 is 0 Å². The van der Waals surface area contributed by atoms with Crippen LogP contribution in [-0.4, -0.2) is 10.9 Å². The minimum atomic E-state index is -0.242. The summed E-state index contributed by atoms with van der Waals surface area (Å²) in [6, 6.07) is 20.7. The number of hydrogen-bond acceptors (Lipinski definition) is 3. The van der Waals surface area contributed by atoms with E-state index in [2.05, 4.69) is 16.4 Å². The van der Waals surface area contributed by atoms with Crippen LogP contribution < -0.4 is 10.1 Å². The number of benzene rings is 2. The highest BCUT2D eigenvalue weighted by atomic mass is 16.5. The second-order valence-corrected chi connectivity index (χ2v) is 5.44. The maximum atomic E-state index is 12.5. The van der Waals surface area contributed by atoms with Crippen molar-refractivity contribution < 1.29 is 9.53 Å². The Labute approximate surface area is 141 Å². The fraction of sp³-hybridized carbons (Fsp3) is 0.100. The molecule has 4 heteroatoms. The third-order valence-corrected chi connectivity index (χ3v) is 3.52. The maximum absolute atomic E-state index is 12.5. The van der Waals surface area contributed by atoms with E-state index in [-0.39, 0.29) is 5.91 Å². The molecule has 0 aliphatic rings. The van der Waals surface area contributed by atoms with Gasteiger partial charge in [0.05, 0.1) is 5.56 Å². The van der Waals surface area contributed by atoms with Crippen molar-refractivity contribution in [2.45, 2.75) is 13.5 Å². The maximum Gasteiger partial charge on any atom is 0.260 e. The molecule has 1 amide bonds. The monoisotopic (exact) mass is 318 g/mol. The molecule has 0 atom stereocenters. The zero-order valence-corrected chi connectivity index (χ0v) is 13.4. The molecule has 0 fully saturated rings. The molecule has 1 aromatic heterocycles. The molecule has 1 heterocycles. The number of aryl methyl sites for hydroxylation is 1. The van der Waals surface area contributed by atoms with Gasteiger partial charge in [0.25, 0.3) is 5.91 Å². The van der Waals surface area contributed by atoms with Crippen molar-refractivity contribution in [3.05, 3.63) is 89.6 Å². The van der Waals surface area contributed by atoms with Crippen LogP contribution in [-0.2, 0) is 6.61 Å². The number of carbonyl (C=O) groups is 1. The summed E-state index contributed by atoms with van der Waals surface area (Å²) in [7, 11) is 0. The molecular formula is C20H18N2O2.